The summed E-state index contributed by atoms with van der Waals surface area (Å²) in [6.45, 7) is 9.18. The van der Waals surface area contributed by atoms with Crippen LogP contribution in [-0.4, -0.2) is 32.8 Å². The average molecular weight is 289 g/mol. The van der Waals surface area contributed by atoms with Crippen LogP contribution < -0.4 is 4.74 Å². The maximum atomic E-state index is 9.94. The third-order valence-corrected chi connectivity index (χ3v) is 3.34. The quantitative estimate of drug-likeness (QED) is 0.917. The molecule has 0 unspecified atom stereocenters. The monoisotopic (exact) mass is 289 g/mol. The third-order valence-electron chi connectivity index (χ3n) is 3.34. The summed E-state index contributed by atoms with van der Waals surface area (Å²) in [6.07, 6.45) is 2.68. The van der Waals surface area contributed by atoms with Gasteiger partial charge >= 0.3 is 0 Å². The van der Waals surface area contributed by atoms with Gasteiger partial charge in [-0.1, -0.05) is 38.1 Å². The molecule has 114 valence electrons. The first-order valence-corrected chi connectivity index (χ1v) is 7.12. The van der Waals surface area contributed by atoms with E-state index >= 15 is 0 Å². The number of hydrogen-bond donors (Lipinski definition) is 1. The van der Waals surface area contributed by atoms with Crippen LogP contribution in [0.2, 0.25) is 0 Å². The van der Waals surface area contributed by atoms with Gasteiger partial charge in [-0.15, -0.1) is 5.10 Å². The highest BCUT2D eigenvalue weighted by Crippen LogP contribution is 2.27. The molecule has 1 heterocycles. The van der Waals surface area contributed by atoms with E-state index in [9.17, 15) is 5.11 Å². The van der Waals surface area contributed by atoms with Crippen LogP contribution in [0, 0.1) is 6.92 Å². The van der Waals surface area contributed by atoms with Crippen molar-refractivity contribution in [2.24, 2.45) is 0 Å². The Bertz CT molecular complexity index is 574. The zero-order chi connectivity index (χ0) is 15.5. The SMILES string of the molecule is Cc1cc(C(C)(C)C)ccc1OC[C@@H](O)Cn1ccnn1. The molecular weight excluding hydrogens is 266 g/mol. The molecule has 0 amide bonds. The second-order valence-electron chi connectivity index (χ2n) is 6.32. The first-order chi connectivity index (χ1) is 9.86. The molecule has 5 nitrogen and oxygen atoms in total. The minimum absolute atomic E-state index is 0.121. The topological polar surface area (TPSA) is 60.2 Å². The van der Waals surface area contributed by atoms with Crippen molar-refractivity contribution in [3.63, 3.8) is 0 Å². The molecule has 0 aliphatic rings. The Labute approximate surface area is 125 Å². The van der Waals surface area contributed by atoms with Crippen molar-refractivity contribution in [1.29, 1.82) is 0 Å². The first-order valence-electron chi connectivity index (χ1n) is 7.12. The summed E-state index contributed by atoms with van der Waals surface area (Å²) >= 11 is 0. The molecule has 1 atom stereocenters. The van der Waals surface area contributed by atoms with Crippen LogP contribution in [0.25, 0.3) is 0 Å². The molecule has 0 spiro atoms. The summed E-state index contributed by atoms with van der Waals surface area (Å²) in [5.74, 6) is 0.806. The number of aryl methyl sites for hydroxylation is 1. The Kier molecular flexibility index (Phi) is 4.63. The molecule has 0 aliphatic heterocycles. The molecule has 0 radical (unpaired) electrons. The molecule has 21 heavy (non-hydrogen) atoms. The van der Waals surface area contributed by atoms with Crippen molar-refractivity contribution in [1.82, 2.24) is 15.0 Å². The van der Waals surface area contributed by atoms with Gasteiger partial charge in [0.2, 0.25) is 0 Å². The third kappa shape index (κ3) is 4.29. The Morgan fingerprint density at radius 3 is 2.67 bits per heavy atom. The van der Waals surface area contributed by atoms with E-state index in [1.807, 2.05) is 13.0 Å². The fourth-order valence-corrected chi connectivity index (χ4v) is 2.06. The number of benzene rings is 1. The highest BCUT2D eigenvalue weighted by molar-refractivity contribution is 5.38. The van der Waals surface area contributed by atoms with E-state index in [4.69, 9.17) is 4.74 Å². The largest absolute Gasteiger partial charge is 0.491 e. The molecule has 1 aromatic heterocycles. The van der Waals surface area contributed by atoms with Crippen LogP contribution in [0.4, 0.5) is 0 Å². The Hall–Kier alpha value is -1.88. The zero-order valence-corrected chi connectivity index (χ0v) is 13.1. The van der Waals surface area contributed by atoms with Gasteiger partial charge in [0.1, 0.15) is 18.5 Å². The predicted octanol–water partition coefficient (Wildman–Crippen LogP) is 2.32. The van der Waals surface area contributed by atoms with Gasteiger partial charge in [0.25, 0.3) is 0 Å². The maximum absolute atomic E-state index is 9.94. The van der Waals surface area contributed by atoms with Crippen molar-refractivity contribution < 1.29 is 9.84 Å². The minimum Gasteiger partial charge on any atom is -0.491 e. The van der Waals surface area contributed by atoms with E-state index in [2.05, 4.69) is 43.2 Å². The van der Waals surface area contributed by atoms with E-state index in [1.165, 1.54) is 5.56 Å². The second-order valence-corrected chi connectivity index (χ2v) is 6.32. The second kappa shape index (κ2) is 6.26. The van der Waals surface area contributed by atoms with Gasteiger partial charge in [0.15, 0.2) is 0 Å². The predicted molar refractivity (Wildman–Crippen MR) is 81.4 cm³/mol. The smallest absolute Gasteiger partial charge is 0.122 e. The molecular formula is C16H23N3O2. The van der Waals surface area contributed by atoms with Crippen molar-refractivity contribution in [3.8, 4) is 5.75 Å². The Balaban J connectivity index is 1.94. The van der Waals surface area contributed by atoms with Crippen molar-refractivity contribution in [2.75, 3.05) is 6.61 Å². The van der Waals surface area contributed by atoms with Crippen LogP contribution in [0.3, 0.4) is 0 Å². The fourth-order valence-electron chi connectivity index (χ4n) is 2.06. The van der Waals surface area contributed by atoms with Gasteiger partial charge in [-0.25, -0.2) is 4.68 Å². The molecule has 0 fully saturated rings. The van der Waals surface area contributed by atoms with Crippen LogP contribution in [-0.2, 0) is 12.0 Å². The Morgan fingerprint density at radius 1 is 1.33 bits per heavy atom. The highest BCUT2D eigenvalue weighted by atomic mass is 16.5. The lowest BCUT2D eigenvalue weighted by Crippen LogP contribution is -2.24. The normalized spacial score (nSPS) is 13.2. The van der Waals surface area contributed by atoms with Gasteiger partial charge in [0.05, 0.1) is 12.7 Å². The zero-order valence-electron chi connectivity index (χ0n) is 13.1. The van der Waals surface area contributed by atoms with Crippen molar-refractivity contribution in [2.45, 2.75) is 45.8 Å². The van der Waals surface area contributed by atoms with Gasteiger partial charge in [-0.05, 0) is 29.5 Å². The summed E-state index contributed by atoms with van der Waals surface area (Å²) < 4.78 is 7.29. The van der Waals surface area contributed by atoms with E-state index in [0.29, 0.717) is 6.54 Å². The van der Waals surface area contributed by atoms with Crippen LogP contribution >= 0.6 is 0 Å². The molecule has 0 saturated heterocycles. The van der Waals surface area contributed by atoms with Gasteiger partial charge < -0.3 is 9.84 Å². The van der Waals surface area contributed by atoms with E-state index < -0.39 is 6.10 Å². The summed E-state index contributed by atoms with van der Waals surface area (Å²) in [5, 5.41) is 17.5. The van der Waals surface area contributed by atoms with Crippen molar-refractivity contribution >= 4 is 0 Å². The minimum atomic E-state index is -0.617. The van der Waals surface area contributed by atoms with E-state index in [0.717, 1.165) is 11.3 Å². The molecule has 0 bridgehead atoms. The standard InChI is InChI=1S/C16H23N3O2/c1-12-9-13(16(2,3)4)5-6-15(12)21-11-14(20)10-19-8-7-17-18-19/h5-9,14,20H,10-11H2,1-4H3/t14-/m0/s1. The van der Waals surface area contributed by atoms with Gasteiger partial charge in [-0.3, -0.25) is 0 Å². The number of rotatable bonds is 5. The highest BCUT2D eigenvalue weighted by Gasteiger charge is 2.15. The number of ether oxygens (including phenoxy) is 1. The van der Waals surface area contributed by atoms with Crippen LogP contribution in [0.1, 0.15) is 31.9 Å². The lowest BCUT2D eigenvalue weighted by Gasteiger charge is -2.21. The summed E-state index contributed by atoms with van der Waals surface area (Å²) in [7, 11) is 0. The van der Waals surface area contributed by atoms with Crippen molar-refractivity contribution in [3.05, 3.63) is 41.7 Å². The average Bonchev–Trinajstić information content (AvgIpc) is 2.89. The summed E-state index contributed by atoms with van der Waals surface area (Å²) in [6, 6.07) is 6.18. The lowest BCUT2D eigenvalue weighted by atomic mass is 9.86. The van der Waals surface area contributed by atoms with E-state index in [1.54, 1.807) is 17.1 Å². The first kappa shape index (κ1) is 15.5. The molecule has 0 aliphatic carbocycles. The number of aromatic nitrogens is 3. The number of aliphatic hydroxyl groups excluding tert-OH is 1. The molecule has 1 N–H and O–H groups in total. The van der Waals surface area contributed by atoms with Gasteiger partial charge in [-0.2, -0.15) is 0 Å². The summed E-state index contributed by atoms with van der Waals surface area (Å²) in [5.41, 5.74) is 2.47. The maximum Gasteiger partial charge on any atom is 0.122 e. The number of hydrogen-bond acceptors (Lipinski definition) is 4. The van der Waals surface area contributed by atoms with E-state index in [-0.39, 0.29) is 12.0 Å². The fraction of sp³-hybridized carbons (Fsp3) is 0.500. The van der Waals surface area contributed by atoms with Gasteiger partial charge in [0, 0.05) is 6.20 Å². The molecule has 1 aromatic carbocycles. The summed E-state index contributed by atoms with van der Waals surface area (Å²) in [4.78, 5) is 0. The number of aliphatic hydroxyl groups is 1. The number of nitrogens with zero attached hydrogens (tertiary/aromatic N) is 3. The van der Waals surface area contributed by atoms with Crippen LogP contribution in [0.15, 0.2) is 30.6 Å². The Morgan fingerprint density at radius 2 is 2.10 bits per heavy atom. The van der Waals surface area contributed by atoms with Crippen LogP contribution in [0.5, 0.6) is 5.75 Å². The molecule has 2 rings (SSSR count). The molecule has 5 heteroatoms. The molecule has 2 aromatic rings. The molecule has 0 saturated carbocycles. The lowest BCUT2D eigenvalue weighted by molar-refractivity contribution is 0.0885.